The number of rotatable bonds is 6. The SMILES string of the molecule is Cc1ccc2c(c1)C(=O)N(C(C)C(=O)OC(C)C(=O)NCc1ccccc1Cl)C2=O. The number of fused-ring (bicyclic) bond motifs is 1. The first-order valence-electron chi connectivity index (χ1n) is 9.41. The number of amides is 3. The zero-order valence-electron chi connectivity index (χ0n) is 16.8. The van der Waals surface area contributed by atoms with Crippen LogP contribution in [0.4, 0.5) is 0 Å². The molecule has 7 nitrogen and oxygen atoms in total. The number of nitrogens with one attached hydrogen (secondary N) is 1. The molecule has 0 spiro atoms. The van der Waals surface area contributed by atoms with Crippen LogP contribution in [0.5, 0.6) is 0 Å². The van der Waals surface area contributed by atoms with Gasteiger partial charge in [-0.3, -0.25) is 19.3 Å². The fourth-order valence-electron chi connectivity index (χ4n) is 3.12. The summed E-state index contributed by atoms with van der Waals surface area (Å²) in [6.07, 6.45) is -1.11. The van der Waals surface area contributed by atoms with Gasteiger partial charge in [-0.2, -0.15) is 0 Å². The Hall–Kier alpha value is -3.19. The smallest absolute Gasteiger partial charge is 0.329 e. The molecule has 0 radical (unpaired) electrons. The van der Waals surface area contributed by atoms with E-state index >= 15 is 0 Å². The summed E-state index contributed by atoms with van der Waals surface area (Å²) < 4.78 is 5.19. The summed E-state index contributed by atoms with van der Waals surface area (Å²) in [5, 5.41) is 3.15. The molecule has 2 unspecified atom stereocenters. The second kappa shape index (κ2) is 8.67. The molecule has 8 heteroatoms. The lowest BCUT2D eigenvalue weighted by atomic mass is 10.1. The van der Waals surface area contributed by atoms with Crippen molar-refractivity contribution in [3.63, 3.8) is 0 Å². The Balaban J connectivity index is 1.61. The minimum atomic E-state index is -1.17. The number of carbonyl (C=O) groups excluding carboxylic acids is 4. The molecule has 1 heterocycles. The van der Waals surface area contributed by atoms with Gasteiger partial charge in [-0.05, 0) is 44.5 Å². The largest absolute Gasteiger partial charge is 0.451 e. The highest BCUT2D eigenvalue weighted by Crippen LogP contribution is 2.26. The summed E-state index contributed by atoms with van der Waals surface area (Å²) in [4.78, 5) is 50.9. The average Bonchev–Trinajstić information content (AvgIpc) is 2.96. The lowest BCUT2D eigenvalue weighted by molar-refractivity contribution is -0.158. The van der Waals surface area contributed by atoms with Crippen molar-refractivity contribution in [3.05, 3.63) is 69.7 Å². The highest BCUT2D eigenvalue weighted by atomic mass is 35.5. The standard InChI is InChI=1S/C22H21ClN2O5/c1-12-8-9-16-17(10-12)21(28)25(20(16)27)13(2)22(29)30-14(3)19(26)24-11-15-6-4-5-7-18(15)23/h4-10,13-14H,11H2,1-3H3,(H,24,26). The van der Waals surface area contributed by atoms with E-state index in [0.717, 1.165) is 16.0 Å². The number of nitrogens with zero attached hydrogens (tertiary/aromatic N) is 1. The number of benzene rings is 2. The highest BCUT2D eigenvalue weighted by molar-refractivity contribution is 6.31. The molecule has 2 aromatic rings. The summed E-state index contributed by atoms with van der Waals surface area (Å²) in [5.74, 6) is -2.48. The van der Waals surface area contributed by atoms with E-state index in [-0.39, 0.29) is 17.7 Å². The van der Waals surface area contributed by atoms with Gasteiger partial charge in [0.05, 0.1) is 11.1 Å². The van der Waals surface area contributed by atoms with E-state index in [9.17, 15) is 19.2 Å². The Kier molecular flexibility index (Phi) is 6.22. The number of ether oxygens (including phenoxy) is 1. The average molecular weight is 429 g/mol. The molecule has 0 bridgehead atoms. The Labute approximate surface area is 179 Å². The summed E-state index contributed by atoms with van der Waals surface area (Å²) in [6.45, 7) is 4.79. The van der Waals surface area contributed by atoms with Gasteiger partial charge in [-0.15, -0.1) is 0 Å². The molecule has 0 aromatic heterocycles. The van der Waals surface area contributed by atoms with Crippen LogP contribution >= 0.6 is 11.6 Å². The minimum Gasteiger partial charge on any atom is -0.451 e. The van der Waals surface area contributed by atoms with E-state index in [2.05, 4.69) is 5.32 Å². The van der Waals surface area contributed by atoms with Crippen LogP contribution in [0.3, 0.4) is 0 Å². The van der Waals surface area contributed by atoms with Crippen molar-refractivity contribution in [1.82, 2.24) is 10.2 Å². The van der Waals surface area contributed by atoms with Gasteiger partial charge in [0.2, 0.25) is 0 Å². The normalized spacial score (nSPS) is 14.9. The van der Waals surface area contributed by atoms with Crippen LogP contribution < -0.4 is 5.32 Å². The Bertz CT molecular complexity index is 1040. The van der Waals surface area contributed by atoms with Gasteiger partial charge in [-0.25, -0.2) is 4.79 Å². The molecular formula is C22H21ClN2O5. The Morgan fingerprint density at radius 1 is 1.07 bits per heavy atom. The Morgan fingerprint density at radius 2 is 1.73 bits per heavy atom. The molecule has 1 aliphatic rings. The molecule has 1 N–H and O–H groups in total. The number of halogens is 1. The number of carbonyl (C=O) groups is 4. The van der Waals surface area contributed by atoms with Gasteiger partial charge >= 0.3 is 5.97 Å². The van der Waals surface area contributed by atoms with Gasteiger partial charge in [0.1, 0.15) is 6.04 Å². The predicted molar refractivity (Wildman–Crippen MR) is 110 cm³/mol. The summed E-state index contributed by atoms with van der Waals surface area (Å²) in [6, 6.07) is 10.8. The van der Waals surface area contributed by atoms with Crippen molar-refractivity contribution >= 4 is 35.3 Å². The minimum absolute atomic E-state index is 0.174. The van der Waals surface area contributed by atoms with Crippen LogP contribution in [0, 0.1) is 6.92 Å². The van der Waals surface area contributed by atoms with Crippen LogP contribution in [0.15, 0.2) is 42.5 Å². The number of imide groups is 1. The van der Waals surface area contributed by atoms with Crippen LogP contribution in [0.25, 0.3) is 0 Å². The summed E-state index contributed by atoms with van der Waals surface area (Å²) >= 11 is 6.06. The Morgan fingerprint density at radius 3 is 2.43 bits per heavy atom. The van der Waals surface area contributed by atoms with E-state index in [4.69, 9.17) is 16.3 Å². The topological polar surface area (TPSA) is 92.8 Å². The molecule has 1 aliphatic heterocycles. The molecule has 2 atom stereocenters. The van der Waals surface area contributed by atoms with Crippen LogP contribution in [-0.2, 0) is 20.9 Å². The lowest BCUT2D eigenvalue weighted by Gasteiger charge is -2.22. The fourth-order valence-corrected chi connectivity index (χ4v) is 3.33. The highest BCUT2D eigenvalue weighted by Gasteiger charge is 2.42. The lowest BCUT2D eigenvalue weighted by Crippen LogP contribution is -2.46. The van der Waals surface area contributed by atoms with E-state index in [1.165, 1.54) is 13.8 Å². The van der Waals surface area contributed by atoms with Crippen molar-refractivity contribution < 1.29 is 23.9 Å². The monoisotopic (exact) mass is 428 g/mol. The predicted octanol–water partition coefficient (Wildman–Crippen LogP) is 2.88. The van der Waals surface area contributed by atoms with Crippen LogP contribution in [-0.4, -0.2) is 40.7 Å². The van der Waals surface area contributed by atoms with Gasteiger partial charge in [0, 0.05) is 11.6 Å². The van der Waals surface area contributed by atoms with Gasteiger partial charge in [0.15, 0.2) is 6.10 Å². The third-order valence-electron chi connectivity index (χ3n) is 4.87. The van der Waals surface area contributed by atoms with E-state index in [1.807, 2.05) is 0 Å². The van der Waals surface area contributed by atoms with E-state index in [0.29, 0.717) is 5.02 Å². The van der Waals surface area contributed by atoms with Gasteiger partial charge in [-0.1, -0.05) is 41.4 Å². The summed E-state index contributed by atoms with van der Waals surface area (Å²) in [7, 11) is 0. The second-order valence-corrected chi connectivity index (χ2v) is 7.50. The summed E-state index contributed by atoms with van der Waals surface area (Å²) in [5.41, 5.74) is 2.05. The first-order chi connectivity index (χ1) is 14.2. The molecule has 0 saturated carbocycles. The maximum absolute atomic E-state index is 12.6. The number of aryl methyl sites for hydroxylation is 1. The zero-order valence-corrected chi connectivity index (χ0v) is 17.5. The van der Waals surface area contributed by atoms with Gasteiger partial charge in [0.25, 0.3) is 17.7 Å². The van der Waals surface area contributed by atoms with E-state index in [1.54, 1.807) is 49.4 Å². The third-order valence-corrected chi connectivity index (χ3v) is 5.24. The van der Waals surface area contributed by atoms with Crippen LogP contribution in [0.2, 0.25) is 5.02 Å². The molecule has 3 rings (SSSR count). The molecule has 0 aliphatic carbocycles. The van der Waals surface area contributed by atoms with Crippen molar-refractivity contribution in [2.45, 2.75) is 39.5 Å². The van der Waals surface area contributed by atoms with Crippen molar-refractivity contribution in [3.8, 4) is 0 Å². The molecule has 0 fully saturated rings. The third kappa shape index (κ3) is 4.21. The fraction of sp³-hybridized carbons (Fsp3) is 0.273. The molecule has 30 heavy (non-hydrogen) atoms. The van der Waals surface area contributed by atoms with Crippen molar-refractivity contribution in [1.29, 1.82) is 0 Å². The zero-order chi connectivity index (χ0) is 22.0. The van der Waals surface area contributed by atoms with Crippen molar-refractivity contribution in [2.24, 2.45) is 0 Å². The first kappa shape index (κ1) is 21.5. The maximum Gasteiger partial charge on any atom is 0.329 e. The molecule has 2 aromatic carbocycles. The second-order valence-electron chi connectivity index (χ2n) is 7.09. The molecule has 0 saturated heterocycles. The first-order valence-corrected chi connectivity index (χ1v) is 9.78. The quantitative estimate of drug-likeness (QED) is 0.564. The molecule has 3 amide bonds. The maximum atomic E-state index is 12.6. The number of hydrogen-bond donors (Lipinski definition) is 1. The molecular weight excluding hydrogens is 408 g/mol. The van der Waals surface area contributed by atoms with Crippen LogP contribution in [0.1, 0.15) is 45.7 Å². The number of esters is 1. The van der Waals surface area contributed by atoms with Crippen molar-refractivity contribution in [2.75, 3.05) is 0 Å². The van der Waals surface area contributed by atoms with E-state index < -0.39 is 35.8 Å². The van der Waals surface area contributed by atoms with Gasteiger partial charge < -0.3 is 10.1 Å². The molecule has 156 valence electrons. The number of hydrogen-bond acceptors (Lipinski definition) is 5.